The van der Waals surface area contributed by atoms with Gasteiger partial charge in [-0.2, -0.15) is 4.98 Å². The molecule has 0 aliphatic carbocycles. The van der Waals surface area contributed by atoms with Crippen LogP contribution >= 0.6 is 0 Å². The van der Waals surface area contributed by atoms with Crippen LogP contribution in [0, 0.1) is 5.82 Å². The van der Waals surface area contributed by atoms with Crippen LogP contribution in [0.2, 0.25) is 0 Å². The topological polar surface area (TPSA) is 97.4 Å². The van der Waals surface area contributed by atoms with Crippen LogP contribution < -0.4 is 20.7 Å². The Labute approximate surface area is 189 Å². The predicted molar refractivity (Wildman–Crippen MR) is 118 cm³/mol. The minimum Gasteiger partial charge on any atom is -0.491 e. The second kappa shape index (κ2) is 10.7. The molecule has 0 fully saturated rings. The number of benzene rings is 2. The molecule has 3 N–H and O–H groups in total. The molecule has 1 heterocycles. The van der Waals surface area contributed by atoms with Gasteiger partial charge in [0.25, 0.3) is 0 Å². The quantitative estimate of drug-likeness (QED) is 0.414. The highest BCUT2D eigenvalue weighted by molar-refractivity contribution is 5.99. The summed E-state index contributed by atoms with van der Waals surface area (Å²) in [4.78, 5) is 19.3. The summed E-state index contributed by atoms with van der Waals surface area (Å²) in [5, 5.41) is 7.74. The van der Waals surface area contributed by atoms with Crippen molar-refractivity contribution in [1.29, 1.82) is 0 Å². The monoisotopic (exact) mass is 430 g/mol. The Hall–Kier alpha value is -3.98. The van der Waals surface area contributed by atoms with Crippen molar-refractivity contribution in [1.82, 2.24) is 9.97 Å². The Bertz CT molecular complexity index is 1360. The largest absolute Gasteiger partial charge is 0.491 e. The van der Waals surface area contributed by atoms with E-state index in [1.54, 1.807) is 0 Å². The average Bonchev–Trinajstić information content (AvgIpc) is 2.85. The maximum atomic E-state index is 14.6. The van der Waals surface area contributed by atoms with Gasteiger partial charge >= 0.3 is 0 Å². The van der Waals surface area contributed by atoms with E-state index < -0.39 is 36.8 Å². The molecule has 8 nitrogen and oxygen atoms in total. The van der Waals surface area contributed by atoms with Crippen LogP contribution in [-0.2, 0) is 9.53 Å². The lowest BCUT2D eigenvalue weighted by Gasteiger charge is -2.11. The Kier molecular flexibility index (Phi) is 4.87. The first-order chi connectivity index (χ1) is 17.8. The number of rotatable bonds is 10. The first-order valence-electron chi connectivity index (χ1n) is 12.2. The van der Waals surface area contributed by atoms with E-state index in [0.717, 1.165) is 19.3 Å². The number of anilines is 5. The highest BCUT2D eigenvalue weighted by Crippen LogP contribution is 2.23. The Morgan fingerprint density at radius 1 is 1.23 bits per heavy atom. The summed E-state index contributed by atoms with van der Waals surface area (Å²) < 4.78 is 78.6. The smallest absolute Gasteiger partial charge is 0.247 e. The zero-order valence-corrected chi connectivity index (χ0v) is 16.2. The first kappa shape index (κ1) is 14.1. The van der Waals surface area contributed by atoms with E-state index in [1.807, 2.05) is 0 Å². The molecular weight excluding hydrogens is 401 g/mol. The lowest BCUT2D eigenvalue weighted by atomic mass is 10.2. The predicted octanol–water partition coefficient (Wildman–Crippen LogP) is 4.25. The zero-order chi connectivity index (χ0) is 28.3. The minimum absolute atomic E-state index is 0.00462. The molecule has 0 atom stereocenters. The fourth-order valence-electron chi connectivity index (χ4n) is 2.21. The first-order valence-corrected chi connectivity index (χ1v) is 8.73. The average molecular weight is 430 g/mol. The highest BCUT2D eigenvalue weighted by Gasteiger charge is 2.09. The van der Waals surface area contributed by atoms with Crippen molar-refractivity contribution in [3.8, 4) is 5.75 Å². The van der Waals surface area contributed by atoms with E-state index in [0.29, 0.717) is 5.69 Å². The van der Waals surface area contributed by atoms with Crippen molar-refractivity contribution in [3.63, 3.8) is 0 Å². The summed E-state index contributed by atoms with van der Waals surface area (Å²) in [6.45, 7) is -2.17. The summed E-state index contributed by atoms with van der Waals surface area (Å²) in [6, 6.07) is 7.56. The number of methoxy groups -OCH3 is 1. The molecule has 0 spiro atoms. The number of halogens is 1. The SMILES string of the molecule is [2H]c1cc([2H])c(Nc2nc(Nc3ccc(OC([2H])([2H])C([2H])([2H])OC)cc3)nc([2H])c2F)cc1NC(=O)C=C. The lowest BCUT2D eigenvalue weighted by Crippen LogP contribution is -2.07. The molecule has 0 saturated heterocycles. The fourth-order valence-corrected chi connectivity index (χ4v) is 2.21. The number of amides is 1. The number of carbonyl (C=O) groups is 1. The molecular formula is C22H22FN5O3. The normalized spacial score (nSPS) is 14.5. The molecule has 1 amide bonds. The summed E-state index contributed by atoms with van der Waals surface area (Å²) in [7, 11) is 1.01. The number of nitrogens with zero attached hydrogens (tertiary/aromatic N) is 2. The van der Waals surface area contributed by atoms with Gasteiger partial charge in [0.2, 0.25) is 11.9 Å². The van der Waals surface area contributed by atoms with Crippen LogP contribution in [0.4, 0.5) is 33.2 Å². The van der Waals surface area contributed by atoms with Gasteiger partial charge in [-0.1, -0.05) is 12.6 Å². The maximum Gasteiger partial charge on any atom is 0.247 e. The van der Waals surface area contributed by atoms with Crippen molar-refractivity contribution in [3.05, 3.63) is 73.1 Å². The molecule has 1 aromatic heterocycles. The number of hydrogen-bond donors (Lipinski definition) is 3. The van der Waals surface area contributed by atoms with Gasteiger partial charge < -0.3 is 25.4 Å². The van der Waals surface area contributed by atoms with E-state index in [-0.39, 0.29) is 35.2 Å². The maximum absolute atomic E-state index is 14.6. The van der Waals surface area contributed by atoms with Crippen LogP contribution in [0.1, 0.15) is 9.60 Å². The summed E-state index contributed by atoms with van der Waals surface area (Å²) in [5.41, 5.74) is 0.381. The number of carbonyl (C=O) groups excluding carboxylic acids is 1. The van der Waals surface area contributed by atoms with Crippen molar-refractivity contribution in [2.45, 2.75) is 0 Å². The summed E-state index contributed by atoms with van der Waals surface area (Å²) in [6.07, 6.45) is 0.242. The van der Waals surface area contributed by atoms with E-state index in [9.17, 15) is 9.18 Å². The third-order valence-corrected chi connectivity index (χ3v) is 3.55. The molecule has 0 bridgehead atoms. The van der Waals surface area contributed by atoms with Gasteiger partial charge in [0, 0.05) is 24.2 Å². The van der Waals surface area contributed by atoms with E-state index in [1.165, 1.54) is 30.3 Å². The molecule has 0 aliphatic heterocycles. The standard InChI is InChI=1S/C22H22FN5O3/c1-3-20(29)25-16-5-4-6-17(13-16)26-21-19(23)14-24-22(28-21)27-15-7-9-18(10-8-15)31-12-11-30-2/h3-10,13-14H,1,11-12H2,2H3,(H,25,29)(H2,24,26,27,28)/i5D,6D,11D2,12D2,14D. The highest BCUT2D eigenvalue weighted by atomic mass is 19.1. The van der Waals surface area contributed by atoms with Crippen LogP contribution in [0.3, 0.4) is 0 Å². The minimum atomic E-state index is -2.79. The van der Waals surface area contributed by atoms with Gasteiger partial charge in [0.15, 0.2) is 11.6 Å². The van der Waals surface area contributed by atoms with Gasteiger partial charge in [-0.05, 0) is 48.5 Å². The van der Waals surface area contributed by atoms with Gasteiger partial charge in [0.05, 0.1) is 22.3 Å². The Morgan fingerprint density at radius 3 is 2.74 bits per heavy atom. The molecule has 2 aromatic carbocycles. The third kappa shape index (κ3) is 6.51. The number of aromatic nitrogens is 2. The van der Waals surface area contributed by atoms with Gasteiger partial charge in [-0.15, -0.1) is 0 Å². The van der Waals surface area contributed by atoms with Crippen LogP contribution in [0.25, 0.3) is 0 Å². The van der Waals surface area contributed by atoms with Crippen molar-refractivity contribution >= 4 is 34.7 Å². The molecule has 0 unspecified atom stereocenters. The van der Waals surface area contributed by atoms with Crippen molar-refractivity contribution < 1.29 is 28.3 Å². The van der Waals surface area contributed by atoms with Gasteiger partial charge in [-0.3, -0.25) is 4.79 Å². The zero-order valence-electron chi connectivity index (χ0n) is 23.2. The van der Waals surface area contributed by atoms with Crippen LogP contribution in [-0.4, -0.2) is 36.1 Å². The van der Waals surface area contributed by atoms with Crippen LogP contribution in [0.5, 0.6) is 5.75 Å². The molecule has 0 saturated carbocycles. The Balaban J connectivity index is 1.83. The van der Waals surface area contributed by atoms with Gasteiger partial charge in [-0.25, -0.2) is 9.37 Å². The molecule has 160 valence electrons. The summed E-state index contributed by atoms with van der Waals surface area (Å²) >= 11 is 0. The van der Waals surface area contributed by atoms with Gasteiger partial charge in [0.1, 0.15) is 12.3 Å². The van der Waals surface area contributed by atoms with Crippen LogP contribution in [0.15, 0.2) is 67.3 Å². The van der Waals surface area contributed by atoms with E-state index in [4.69, 9.17) is 14.3 Å². The number of hydrogen-bond acceptors (Lipinski definition) is 7. The fraction of sp³-hybridized carbons (Fsp3) is 0.136. The van der Waals surface area contributed by atoms with Crippen molar-refractivity contribution in [2.75, 3.05) is 36.2 Å². The third-order valence-electron chi connectivity index (χ3n) is 3.55. The van der Waals surface area contributed by atoms with E-state index >= 15 is 0 Å². The molecule has 31 heavy (non-hydrogen) atoms. The number of ether oxygens (including phenoxy) is 2. The van der Waals surface area contributed by atoms with Crippen molar-refractivity contribution in [2.24, 2.45) is 0 Å². The molecule has 9 heteroatoms. The number of nitrogens with one attached hydrogen (secondary N) is 3. The molecule has 0 radical (unpaired) electrons. The molecule has 3 rings (SSSR count). The molecule has 0 aliphatic rings. The second-order valence-corrected chi connectivity index (χ2v) is 5.70. The lowest BCUT2D eigenvalue weighted by molar-refractivity contribution is -0.111. The van der Waals surface area contributed by atoms with E-state index in [2.05, 4.69) is 37.2 Å². The summed E-state index contributed by atoms with van der Waals surface area (Å²) in [5.74, 6) is -2.34. The Morgan fingerprint density at radius 2 is 2.00 bits per heavy atom. The second-order valence-electron chi connectivity index (χ2n) is 5.70. The molecule has 3 aromatic rings.